The van der Waals surface area contributed by atoms with Gasteiger partial charge in [-0.1, -0.05) is 11.6 Å². The summed E-state index contributed by atoms with van der Waals surface area (Å²) in [6.45, 7) is 0. The molecule has 5 nitrogen and oxygen atoms in total. The lowest BCUT2D eigenvalue weighted by Crippen LogP contribution is -2.32. The highest BCUT2D eigenvalue weighted by atomic mass is 35.5. The van der Waals surface area contributed by atoms with Gasteiger partial charge in [-0.15, -0.1) is 0 Å². The van der Waals surface area contributed by atoms with Crippen LogP contribution in [0.15, 0.2) is 6.07 Å². The SMILES string of the molecule is O=S1(=O)CCC(Nc2cc(Cl)nc(C3CC3)n2)CC1. The van der Waals surface area contributed by atoms with Gasteiger partial charge in [0.25, 0.3) is 0 Å². The third-order valence-electron chi connectivity index (χ3n) is 3.56. The molecule has 0 bridgehead atoms. The molecule has 0 atom stereocenters. The average Bonchev–Trinajstić information content (AvgIpc) is 3.15. The second-order valence-corrected chi connectivity index (χ2v) is 7.97. The standard InChI is InChI=1S/C12H16ClN3O2S/c13-10-7-11(16-12(15-10)8-1-2-8)14-9-3-5-19(17,18)6-4-9/h7-9H,1-6H2,(H,14,15,16). The van der Waals surface area contributed by atoms with Gasteiger partial charge in [0, 0.05) is 18.0 Å². The number of anilines is 1. The molecule has 3 rings (SSSR count). The van der Waals surface area contributed by atoms with Crippen LogP contribution in [0.5, 0.6) is 0 Å². The van der Waals surface area contributed by atoms with E-state index in [1.165, 1.54) is 0 Å². The lowest BCUT2D eigenvalue weighted by molar-refractivity contribution is 0.559. The van der Waals surface area contributed by atoms with E-state index in [-0.39, 0.29) is 17.5 Å². The van der Waals surface area contributed by atoms with Crippen LogP contribution in [0.2, 0.25) is 5.15 Å². The van der Waals surface area contributed by atoms with Crippen LogP contribution in [-0.2, 0) is 9.84 Å². The number of halogens is 1. The number of hydrogen-bond acceptors (Lipinski definition) is 5. The fraction of sp³-hybridized carbons (Fsp3) is 0.667. The highest BCUT2D eigenvalue weighted by molar-refractivity contribution is 7.91. The van der Waals surface area contributed by atoms with Crippen LogP contribution < -0.4 is 5.32 Å². The smallest absolute Gasteiger partial charge is 0.150 e. The second kappa shape index (κ2) is 4.90. The van der Waals surface area contributed by atoms with Crippen molar-refractivity contribution in [3.63, 3.8) is 0 Å². The normalized spacial score (nSPS) is 23.2. The number of nitrogens with one attached hydrogen (secondary N) is 1. The fourth-order valence-electron chi connectivity index (χ4n) is 2.28. The Kier molecular flexibility index (Phi) is 3.39. The van der Waals surface area contributed by atoms with Crippen molar-refractivity contribution in [1.29, 1.82) is 0 Å². The monoisotopic (exact) mass is 301 g/mol. The number of nitrogens with zero attached hydrogens (tertiary/aromatic N) is 2. The molecule has 1 aromatic rings. The minimum Gasteiger partial charge on any atom is -0.367 e. The van der Waals surface area contributed by atoms with Gasteiger partial charge < -0.3 is 5.32 Å². The lowest BCUT2D eigenvalue weighted by Gasteiger charge is -2.23. The van der Waals surface area contributed by atoms with E-state index in [4.69, 9.17) is 11.6 Å². The van der Waals surface area contributed by atoms with Gasteiger partial charge in [0.05, 0.1) is 11.5 Å². The van der Waals surface area contributed by atoms with Crippen LogP contribution in [0.1, 0.15) is 37.4 Å². The first-order chi connectivity index (χ1) is 9.02. The molecule has 2 fully saturated rings. The zero-order chi connectivity index (χ0) is 13.5. The molecule has 1 saturated carbocycles. The Morgan fingerprint density at radius 1 is 1.16 bits per heavy atom. The average molecular weight is 302 g/mol. The summed E-state index contributed by atoms with van der Waals surface area (Å²) in [7, 11) is -2.83. The number of rotatable bonds is 3. The van der Waals surface area contributed by atoms with E-state index < -0.39 is 9.84 Å². The zero-order valence-corrected chi connectivity index (χ0v) is 12.0. The summed E-state index contributed by atoms with van der Waals surface area (Å²) in [5.41, 5.74) is 0. The first kappa shape index (κ1) is 13.1. The molecule has 0 spiro atoms. The van der Waals surface area contributed by atoms with Crippen molar-refractivity contribution >= 4 is 27.3 Å². The summed E-state index contributed by atoms with van der Waals surface area (Å²) < 4.78 is 22.8. The Balaban J connectivity index is 1.69. The topological polar surface area (TPSA) is 72.0 Å². The Morgan fingerprint density at radius 2 is 1.84 bits per heavy atom. The molecule has 2 aliphatic rings. The fourth-order valence-corrected chi connectivity index (χ4v) is 3.96. The maximum atomic E-state index is 11.4. The minimum atomic E-state index is -2.83. The van der Waals surface area contributed by atoms with Crippen molar-refractivity contribution in [2.75, 3.05) is 16.8 Å². The van der Waals surface area contributed by atoms with Crippen LogP contribution in [0.25, 0.3) is 0 Å². The summed E-state index contributed by atoms with van der Waals surface area (Å²) in [5.74, 6) is 2.47. The minimum absolute atomic E-state index is 0.154. The van der Waals surface area contributed by atoms with Gasteiger partial charge in [-0.25, -0.2) is 18.4 Å². The van der Waals surface area contributed by atoms with Gasteiger partial charge in [0.15, 0.2) is 0 Å². The molecule has 1 N–H and O–H groups in total. The van der Waals surface area contributed by atoms with E-state index in [9.17, 15) is 8.42 Å². The Morgan fingerprint density at radius 3 is 2.47 bits per heavy atom. The van der Waals surface area contributed by atoms with Crippen LogP contribution in [0.3, 0.4) is 0 Å². The van der Waals surface area contributed by atoms with Crippen molar-refractivity contribution in [2.45, 2.75) is 37.6 Å². The van der Waals surface area contributed by atoms with Gasteiger partial charge in [-0.3, -0.25) is 0 Å². The summed E-state index contributed by atoms with van der Waals surface area (Å²) in [4.78, 5) is 8.70. The molecule has 7 heteroatoms. The van der Waals surface area contributed by atoms with E-state index in [1.807, 2.05) is 0 Å². The third-order valence-corrected chi connectivity index (χ3v) is 5.47. The van der Waals surface area contributed by atoms with Crippen LogP contribution in [0.4, 0.5) is 5.82 Å². The van der Waals surface area contributed by atoms with Gasteiger partial charge >= 0.3 is 0 Å². The summed E-state index contributed by atoms with van der Waals surface area (Å²) in [5, 5.41) is 3.73. The van der Waals surface area contributed by atoms with Crippen LogP contribution in [-0.4, -0.2) is 35.9 Å². The predicted molar refractivity (Wildman–Crippen MR) is 74.3 cm³/mol. The quantitative estimate of drug-likeness (QED) is 0.865. The summed E-state index contributed by atoms with van der Waals surface area (Å²) >= 11 is 6.00. The van der Waals surface area contributed by atoms with E-state index in [2.05, 4.69) is 15.3 Å². The lowest BCUT2D eigenvalue weighted by atomic mass is 10.1. The molecule has 104 valence electrons. The number of aromatic nitrogens is 2. The second-order valence-electron chi connectivity index (χ2n) is 5.28. The Bertz CT molecular complexity index is 573. The molecule has 0 unspecified atom stereocenters. The van der Waals surface area contributed by atoms with E-state index in [0.717, 1.165) is 18.7 Å². The Hall–Kier alpha value is -0.880. The van der Waals surface area contributed by atoms with Crippen LogP contribution >= 0.6 is 11.6 Å². The molecule has 0 aromatic carbocycles. The third kappa shape index (κ3) is 3.36. The number of hydrogen-bond donors (Lipinski definition) is 1. The summed E-state index contributed by atoms with van der Waals surface area (Å²) in [6.07, 6.45) is 3.51. The van der Waals surface area contributed by atoms with E-state index in [1.54, 1.807) is 6.07 Å². The van der Waals surface area contributed by atoms with E-state index >= 15 is 0 Å². The number of sulfone groups is 1. The van der Waals surface area contributed by atoms with Gasteiger partial charge in [0.2, 0.25) is 0 Å². The Labute approximate surface area is 117 Å². The highest BCUT2D eigenvalue weighted by Crippen LogP contribution is 2.38. The van der Waals surface area contributed by atoms with Gasteiger partial charge in [0.1, 0.15) is 26.6 Å². The van der Waals surface area contributed by atoms with Crippen molar-refractivity contribution in [3.8, 4) is 0 Å². The molecule has 1 aliphatic heterocycles. The molecular formula is C12H16ClN3O2S. The maximum Gasteiger partial charge on any atom is 0.150 e. The van der Waals surface area contributed by atoms with Gasteiger partial charge in [-0.05, 0) is 25.7 Å². The molecule has 1 aliphatic carbocycles. The molecule has 0 amide bonds. The molecule has 1 aromatic heterocycles. The van der Waals surface area contributed by atoms with Crippen LogP contribution in [0, 0.1) is 0 Å². The first-order valence-corrected chi connectivity index (χ1v) is 8.73. The van der Waals surface area contributed by atoms with Crippen molar-refractivity contribution < 1.29 is 8.42 Å². The van der Waals surface area contributed by atoms with Gasteiger partial charge in [-0.2, -0.15) is 0 Å². The first-order valence-electron chi connectivity index (χ1n) is 6.53. The molecular weight excluding hydrogens is 286 g/mol. The van der Waals surface area contributed by atoms with Crippen molar-refractivity contribution in [3.05, 3.63) is 17.0 Å². The van der Waals surface area contributed by atoms with Crippen molar-refractivity contribution in [1.82, 2.24) is 9.97 Å². The zero-order valence-electron chi connectivity index (χ0n) is 10.5. The van der Waals surface area contributed by atoms with E-state index in [0.29, 0.717) is 29.7 Å². The molecule has 2 heterocycles. The molecule has 19 heavy (non-hydrogen) atoms. The summed E-state index contributed by atoms with van der Waals surface area (Å²) in [6, 6.07) is 1.86. The molecule has 0 radical (unpaired) electrons. The largest absolute Gasteiger partial charge is 0.367 e. The highest BCUT2D eigenvalue weighted by Gasteiger charge is 2.28. The predicted octanol–water partition coefficient (Wildman–Crippen LogP) is 2.00. The maximum absolute atomic E-state index is 11.4. The van der Waals surface area contributed by atoms with Crippen molar-refractivity contribution in [2.24, 2.45) is 0 Å². The molecule has 1 saturated heterocycles.